The predicted octanol–water partition coefficient (Wildman–Crippen LogP) is 3.91. The van der Waals surface area contributed by atoms with E-state index < -0.39 is 11.9 Å². The highest BCUT2D eigenvalue weighted by atomic mass is 32.1. The van der Waals surface area contributed by atoms with Crippen LogP contribution in [0.5, 0.6) is 0 Å². The molecule has 1 fully saturated rings. The van der Waals surface area contributed by atoms with E-state index in [1.807, 2.05) is 0 Å². The molecule has 0 aromatic carbocycles. The van der Waals surface area contributed by atoms with E-state index in [0.29, 0.717) is 22.6 Å². The van der Waals surface area contributed by atoms with Crippen molar-refractivity contribution in [2.45, 2.75) is 46.1 Å². The molecular formula is C17H24O4S. The van der Waals surface area contributed by atoms with Crippen LogP contribution in [0.15, 0.2) is 17.5 Å². The van der Waals surface area contributed by atoms with Gasteiger partial charge in [0, 0.05) is 0 Å². The zero-order chi connectivity index (χ0) is 16.1. The van der Waals surface area contributed by atoms with Gasteiger partial charge >= 0.3 is 11.9 Å². The van der Waals surface area contributed by atoms with Crippen LogP contribution in [0, 0.1) is 17.8 Å². The minimum Gasteiger partial charge on any atom is -0.460 e. The maximum atomic E-state index is 12.0. The average molecular weight is 324 g/mol. The second-order valence-corrected chi connectivity index (χ2v) is 7.36. The second kappa shape index (κ2) is 7.77. The molecule has 22 heavy (non-hydrogen) atoms. The lowest BCUT2D eigenvalue weighted by atomic mass is 9.75. The highest BCUT2D eigenvalue weighted by molar-refractivity contribution is 7.11. The van der Waals surface area contributed by atoms with Crippen molar-refractivity contribution in [2.24, 2.45) is 17.8 Å². The first kappa shape index (κ1) is 17.0. The first-order chi connectivity index (χ1) is 10.5. The lowest BCUT2D eigenvalue weighted by Gasteiger charge is -2.36. The highest BCUT2D eigenvalue weighted by Crippen LogP contribution is 2.35. The first-order valence-corrected chi connectivity index (χ1v) is 8.75. The van der Waals surface area contributed by atoms with E-state index in [4.69, 9.17) is 9.47 Å². The van der Waals surface area contributed by atoms with Crippen LogP contribution in [0.25, 0.3) is 0 Å². The van der Waals surface area contributed by atoms with E-state index in [9.17, 15) is 9.59 Å². The molecule has 0 saturated heterocycles. The normalized spacial score (nSPS) is 25.0. The fourth-order valence-electron chi connectivity index (χ4n) is 3.04. The molecule has 122 valence electrons. The van der Waals surface area contributed by atoms with Gasteiger partial charge in [-0.3, -0.25) is 0 Å². The quantitative estimate of drug-likeness (QED) is 0.771. The third kappa shape index (κ3) is 4.57. The van der Waals surface area contributed by atoms with Crippen LogP contribution in [0.1, 0.15) is 49.7 Å². The van der Waals surface area contributed by atoms with Crippen LogP contribution in [-0.4, -0.2) is 24.6 Å². The minimum absolute atomic E-state index is 0.0586. The summed E-state index contributed by atoms with van der Waals surface area (Å²) in [6, 6.07) is 3.45. The number of hydrogen-bond donors (Lipinski definition) is 0. The van der Waals surface area contributed by atoms with Crippen LogP contribution in [-0.2, 0) is 14.3 Å². The molecule has 0 amide bonds. The summed E-state index contributed by atoms with van der Waals surface area (Å²) in [5, 5.41) is 1.80. The van der Waals surface area contributed by atoms with Crippen LogP contribution in [0.2, 0.25) is 0 Å². The van der Waals surface area contributed by atoms with E-state index >= 15 is 0 Å². The monoisotopic (exact) mass is 324 g/mol. The number of thiophene rings is 1. The van der Waals surface area contributed by atoms with E-state index in [2.05, 4.69) is 20.8 Å². The average Bonchev–Trinajstić information content (AvgIpc) is 2.98. The molecule has 1 aromatic heterocycles. The molecule has 1 saturated carbocycles. The fourth-order valence-corrected chi connectivity index (χ4v) is 3.66. The topological polar surface area (TPSA) is 52.6 Å². The molecule has 1 aromatic rings. The molecule has 0 unspecified atom stereocenters. The Morgan fingerprint density at radius 2 is 2.14 bits per heavy atom. The summed E-state index contributed by atoms with van der Waals surface area (Å²) in [6.07, 6.45) is 3.11. The lowest BCUT2D eigenvalue weighted by Crippen LogP contribution is -2.36. The maximum Gasteiger partial charge on any atom is 0.348 e. The molecule has 1 heterocycles. The number of carbonyl (C=O) groups is 2. The van der Waals surface area contributed by atoms with E-state index in [1.165, 1.54) is 17.8 Å². The Balaban J connectivity index is 1.83. The second-order valence-electron chi connectivity index (χ2n) is 6.41. The maximum absolute atomic E-state index is 12.0. The van der Waals surface area contributed by atoms with Gasteiger partial charge in [-0.15, -0.1) is 11.3 Å². The van der Waals surface area contributed by atoms with Crippen molar-refractivity contribution in [1.82, 2.24) is 0 Å². The Labute approximate surface area is 135 Å². The standard InChI is InChI=1S/C17H24O4S/c1-11(2)13-7-6-12(3)9-14(13)21-16(18)10-20-17(19)15-5-4-8-22-15/h4-5,8,11-14H,6-7,9-10H2,1-3H3/t12-,13-,14+/m1/s1. The van der Waals surface area contributed by atoms with Gasteiger partial charge in [0.05, 0.1) is 0 Å². The lowest BCUT2D eigenvalue weighted by molar-refractivity contribution is -0.159. The Morgan fingerprint density at radius 3 is 2.77 bits per heavy atom. The summed E-state index contributed by atoms with van der Waals surface area (Å²) in [6.45, 7) is 6.21. The minimum atomic E-state index is -0.468. The van der Waals surface area contributed by atoms with Gasteiger partial charge < -0.3 is 9.47 Å². The zero-order valence-corrected chi connectivity index (χ0v) is 14.2. The molecule has 0 aliphatic heterocycles. The number of rotatable bonds is 5. The van der Waals surface area contributed by atoms with E-state index in [1.54, 1.807) is 17.5 Å². The van der Waals surface area contributed by atoms with Gasteiger partial charge in [-0.05, 0) is 42.0 Å². The Morgan fingerprint density at radius 1 is 1.36 bits per heavy atom. The SMILES string of the molecule is CC(C)[C@H]1CC[C@@H](C)C[C@@H]1OC(=O)COC(=O)c1cccs1. The van der Waals surface area contributed by atoms with Gasteiger partial charge in [-0.2, -0.15) is 0 Å². The van der Waals surface area contributed by atoms with Crippen LogP contribution in [0.3, 0.4) is 0 Å². The van der Waals surface area contributed by atoms with Crippen LogP contribution >= 0.6 is 11.3 Å². The summed E-state index contributed by atoms with van der Waals surface area (Å²) < 4.78 is 10.6. The molecule has 0 spiro atoms. The van der Waals surface area contributed by atoms with Gasteiger partial charge in [0.25, 0.3) is 0 Å². The predicted molar refractivity (Wildman–Crippen MR) is 85.8 cm³/mol. The third-order valence-corrected chi connectivity index (χ3v) is 5.14. The van der Waals surface area contributed by atoms with Crippen molar-refractivity contribution in [3.05, 3.63) is 22.4 Å². The van der Waals surface area contributed by atoms with Gasteiger partial charge in [-0.25, -0.2) is 9.59 Å². The van der Waals surface area contributed by atoms with Crippen molar-refractivity contribution in [3.8, 4) is 0 Å². The van der Waals surface area contributed by atoms with Crippen molar-refractivity contribution >= 4 is 23.3 Å². The largest absolute Gasteiger partial charge is 0.460 e. The summed E-state index contributed by atoms with van der Waals surface area (Å²) in [7, 11) is 0. The third-order valence-electron chi connectivity index (χ3n) is 4.29. The van der Waals surface area contributed by atoms with Gasteiger partial charge in [-0.1, -0.05) is 33.3 Å². The smallest absolute Gasteiger partial charge is 0.348 e. The Bertz CT molecular complexity index is 495. The van der Waals surface area contributed by atoms with Gasteiger partial charge in [0.15, 0.2) is 6.61 Å². The molecule has 2 rings (SSSR count). The first-order valence-electron chi connectivity index (χ1n) is 7.87. The van der Waals surface area contributed by atoms with Crippen molar-refractivity contribution < 1.29 is 19.1 Å². The summed E-state index contributed by atoms with van der Waals surface area (Å²) >= 11 is 1.30. The van der Waals surface area contributed by atoms with Crippen molar-refractivity contribution in [1.29, 1.82) is 0 Å². The molecule has 4 nitrogen and oxygen atoms in total. The van der Waals surface area contributed by atoms with Crippen molar-refractivity contribution in [3.63, 3.8) is 0 Å². The zero-order valence-electron chi connectivity index (χ0n) is 13.4. The Hall–Kier alpha value is -1.36. The number of esters is 2. The molecule has 0 N–H and O–H groups in total. The molecule has 1 aliphatic rings. The summed E-state index contributed by atoms with van der Waals surface area (Å²) in [5.41, 5.74) is 0. The highest BCUT2D eigenvalue weighted by Gasteiger charge is 2.33. The fraction of sp³-hybridized carbons (Fsp3) is 0.647. The van der Waals surface area contributed by atoms with Gasteiger partial charge in [0.2, 0.25) is 0 Å². The number of ether oxygens (including phenoxy) is 2. The molecule has 0 bridgehead atoms. The van der Waals surface area contributed by atoms with E-state index in [-0.39, 0.29) is 12.7 Å². The van der Waals surface area contributed by atoms with Gasteiger partial charge in [0.1, 0.15) is 11.0 Å². The summed E-state index contributed by atoms with van der Waals surface area (Å²) in [5.74, 6) is 0.535. The van der Waals surface area contributed by atoms with E-state index in [0.717, 1.165) is 12.8 Å². The van der Waals surface area contributed by atoms with Crippen LogP contribution < -0.4 is 0 Å². The molecule has 0 radical (unpaired) electrons. The molecule has 1 aliphatic carbocycles. The molecular weight excluding hydrogens is 300 g/mol. The Kier molecular flexibility index (Phi) is 6.00. The summed E-state index contributed by atoms with van der Waals surface area (Å²) in [4.78, 5) is 24.2. The number of hydrogen-bond acceptors (Lipinski definition) is 5. The van der Waals surface area contributed by atoms with Crippen LogP contribution in [0.4, 0.5) is 0 Å². The van der Waals surface area contributed by atoms with Crippen molar-refractivity contribution in [2.75, 3.05) is 6.61 Å². The molecule has 5 heteroatoms. The molecule has 3 atom stereocenters. The number of carbonyl (C=O) groups excluding carboxylic acids is 2.